The molecule has 1 aliphatic rings. The highest BCUT2D eigenvalue weighted by Crippen LogP contribution is 2.29. The van der Waals surface area contributed by atoms with Crippen molar-refractivity contribution in [3.05, 3.63) is 0 Å². The van der Waals surface area contributed by atoms with E-state index in [1.807, 2.05) is 0 Å². The van der Waals surface area contributed by atoms with E-state index >= 15 is 0 Å². The molecule has 0 heterocycles. The van der Waals surface area contributed by atoms with E-state index in [-0.39, 0.29) is 25.5 Å². The van der Waals surface area contributed by atoms with Crippen LogP contribution in [0.5, 0.6) is 0 Å². The zero-order chi connectivity index (χ0) is 12.0. The van der Waals surface area contributed by atoms with Crippen LogP contribution in [0.3, 0.4) is 0 Å². The van der Waals surface area contributed by atoms with Gasteiger partial charge in [0, 0.05) is 6.54 Å². The second kappa shape index (κ2) is 6.08. The molecule has 1 saturated carbocycles. The fraction of sp³-hybridized carbons (Fsp3) is 0.700. The second-order valence-corrected chi connectivity index (χ2v) is 3.94. The van der Waals surface area contributed by atoms with Crippen LogP contribution in [0.4, 0.5) is 0 Å². The largest absolute Gasteiger partial charge is 0.480 e. The Labute approximate surface area is 93.8 Å². The van der Waals surface area contributed by atoms with Gasteiger partial charge in [-0.05, 0) is 18.8 Å². The fourth-order valence-electron chi connectivity index (χ4n) is 1.44. The van der Waals surface area contributed by atoms with E-state index in [1.54, 1.807) is 11.0 Å². The van der Waals surface area contributed by atoms with Gasteiger partial charge in [-0.15, -0.1) is 0 Å². The Morgan fingerprint density at radius 1 is 1.44 bits per heavy atom. The van der Waals surface area contributed by atoms with Crippen LogP contribution in [0.1, 0.15) is 12.8 Å². The molecule has 88 valence electrons. The highest BCUT2D eigenvalue weighted by atomic mass is 16.4. The number of nitriles is 1. The van der Waals surface area contributed by atoms with Gasteiger partial charge in [0.1, 0.15) is 6.54 Å². The van der Waals surface area contributed by atoms with E-state index in [1.165, 1.54) is 0 Å². The molecule has 0 spiro atoms. The minimum absolute atomic E-state index is 0.0385. The summed E-state index contributed by atoms with van der Waals surface area (Å²) in [5, 5.41) is 19.4. The fourth-order valence-corrected chi connectivity index (χ4v) is 1.44. The lowest BCUT2D eigenvalue weighted by Crippen LogP contribution is -2.40. The molecule has 0 bridgehead atoms. The molecule has 6 heteroatoms. The maximum Gasteiger partial charge on any atom is 0.317 e. The molecule has 0 aromatic rings. The maximum atomic E-state index is 11.3. The lowest BCUT2D eigenvalue weighted by molar-refractivity contribution is -0.138. The minimum Gasteiger partial charge on any atom is -0.480 e. The predicted octanol–water partition coefficient (Wildman–Crippen LogP) is -0.577. The van der Waals surface area contributed by atoms with Gasteiger partial charge in [0.25, 0.3) is 0 Å². The molecule has 0 saturated heterocycles. The summed E-state index contributed by atoms with van der Waals surface area (Å²) < 4.78 is 0. The van der Waals surface area contributed by atoms with Gasteiger partial charge >= 0.3 is 5.97 Å². The first-order valence-electron chi connectivity index (χ1n) is 5.19. The van der Waals surface area contributed by atoms with E-state index < -0.39 is 5.97 Å². The molecule has 0 radical (unpaired) electrons. The van der Waals surface area contributed by atoms with E-state index in [9.17, 15) is 9.59 Å². The zero-order valence-corrected chi connectivity index (χ0v) is 8.98. The molecule has 0 unspecified atom stereocenters. The number of rotatable bonds is 7. The monoisotopic (exact) mass is 225 g/mol. The van der Waals surface area contributed by atoms with Gasteiger partial charge in [0.2, 0.25) is 5.91 Å². The highest BCUT2D eigenvalue weighted by Gasteiger charge is 2.26. The summed E-state index contributed by atoms with van der Waals surface area (Å²) in [5.41, 5.74) is 0. The summed E-state index contributed by atoms with van der Waals surface area (Å²) in [6.07, 6.45) is 2.21. The van der Waals surface area contributed by atoms with Gasteiger partial charge < -0.3 is 10.4 Å². The standard InChI is InChI=1S/C10H15N3O3/c11-3-4-12-9(14)6-13(7-10(15)16)5-8-1-2-8/h8H,1-2,4-7H2,(H,12,14)(H,15,16). The van der Waals surface area contributed by atoms with E-state index in [0.717, 1.165) is 12.8 Å². The van der Waals surface area contributed by atoms with Crippen LogP contribution in [-0.2, 0) is 9.59 Å². The molecular formula is C10H15N3O3. The third-order valence-electron chi connectivity index (χ3n) is 2.30. The topological polar surface area (TPSA) is 93.4 Å². The highest BCUT2D eigenvalue weighted by molar-refractivity contribution is 5.79. The van der Waals surface area contributed by atoms with Crippen molar-refractivity contribution in [3.8, 4) is 6.07 Å². The lowest BCUT2D eigenvalue weighted by Gasteiger charge is -2.18. The van der Waals surface area contributed by atoms with Crippen molar-refractivity contribution >= 4 is 11.9 Å². The number of amides is 1. The normalized spacial score (nSPS) is 14.5. The molecular weight excluding hydrogens is 210 g/mol. The van der Waals surface area contributed by atoms with Gasteiger partial charge in [0.05, 0.1) is 19.2 Å². The number of carbonyl (C=O) groups excluding carboxylic acids is 1. The Morgan fingerprint density at radius 3 is 2.62 bits per heavy atom. The number of hydrogen-bond donors (Lipinski definition) is 2. The number of nitrogens with zero attached hydrogens (tertiary/aromatic N) is 2. The SMILES string of the molecule is N#CCNC(=O)CN(CC(=O)O)CC1CC1. The van der Waals surface area contributed by atoms with Crippen LogP contribution in [0, 0.1) is 17.2 Å². The Hall–Kier alpha value is -1.61. The van der Waals surface area contributed by atoms with Gasteiger partial charge in [-0.3, -0.25) is 14.5 Å². The molecule has 2 N–H and O–H groups in total. The number of carboxylic acid groups (broad SMARTS) is 1. The number of aliphatic carboxylic acids is 1. The molecule has 16 heavy (non-hydrogen) atoms. The van der Waals surface area contributed by atoms with Crippen molar-refractivity contribution in [2.45, 2.75) is 12.8 Å². The smallest absolute Gasteiger partial charge is 0.317 e. The average Bonchev–Trinajstić information content (AvgIpc) is 2.97. The molecule has 1 rings (SSSR count). The van der Waals surface area contributed by atoms with E-state index in [0.29, 0.717) is 12.5 Å². The molecule has 0 aromatic heterocycles. The first kappa shape index (κ1) is 12.5. The number of carbonyl (C=O) groups is 2. The quantitative estimate of drug-likeness (QED) is 0.565. The lowest BCUT2D eigenvalue weighted by atomic mass is 10.3. The summed E-state index contributed by atoms with van der Waals surface area (Å²) in [6, 6.07) is 1.80. The van der Waals surface area contributed by atoms with Crippen molar-refractivity contribution < 1.29 is 14.7 Å². The number of hydrogen-bond acceptors (Lipinski definition) is 4. The van der Waals surface area contributed by atoms with Crippen LogP contribution < -0.4 is 5.32 Å². The van der Waals surface area contributed by atoms with Crippen molar-refractivity contribution in [1.82, 2.24) is 10.2 Å². The summed E-state index contributed by atoms with van der Waals surface area (Å²) in [5.74, 6) is -0.708. The summed E-state index contributed by atoms with van der Waals surface area (Å²) >= 11 is 0. The molecule has 0 atom stereocenters. The summed E-state index contributed by atoms with van der Waals surface area (Å²) in [7, 11) is 0. The Bertz CT molecular complexity index is 307. The third-order valence-corrected chi connectivity index (χ3v) is 2.30. The minimum atomic E-state index is -0.936. The summed E-state index contributed by atoms with van der Waals surface area (Å²) in [4.78, 5) is 23.5. The Kier molecular flexibility index (Phi) is 4.73. The second-order valence-electron chi connectivity index (χ2n) is 3.94. The van der Waals surface area contributed by atoms with Gasteiger partial charge in [-0.2, -0.15) is 5.26 Å². The maximum absolute atomic E-state index is 11.3. The van der Waals surface area contributed by atoms with E-state index in [2.05, 4.69) is 5.32 Å². The molecule has 0 aliphatic heterocycles. The molecule has 1 fully saturated rings. The van der Waals surface area contributed by atoms with Gasteiger partial charge in [-0.25, -0.2) is 0 Å². The van der Waals surface area contributed by atoms with Gasteiger partial charge in [0.15, 0.2) is 0 Å². The number of nitrogens with one attached hydrogen (secondary N) is 1. The van der Waals surface area contributed by atoms with Crippen molar-refractivity contribution in [2.24, 2.45) is 5.92 Å². The van der Waals surface area contributed by atoms with Crippen molar-refractivity contribution in [1.29, 1.82) is 5.26 Å². The number of carboxylic acids is 1. The van der Waals surface area contributed by atoms with Crippen LogP contribution in [0.25, 0.3) is 0 Å². The van der Waals surface area contributed by atoms with Crippen LogP contribution in [0.15, 0.2) is 0 Å². The van der Waals surface area contributed by atoms with Crippen molar-refractivity contribution in [3.63, 3.8) is 0 Å². The Morgan fingerprint density at radius 2 is 2.12 bits per heavy atom. The van der Waals surface area contributed by atoms with Crippen LogP contribution in [-0.4, -0.2) is 48.1 Å². The molecule has 1 amide bonds. The summed E-state index contributed by atoms with van der Waals surface area (Å²) in [6.45, 7) is 0.524. The zero-order valence-electron chi connectivity index (χ0n) is 8.98. The predicted molar refractivity (Wildman–Crippen MR) is 55.4 cm³/mol. The molecule has 0 aromatic carbocycles. The molecule has 1 aliphatic carbocycles. The van der Waals surface area contributed by atoms with Crippen molar-refractivity contribution in [2.75, 3.05) is 26.2 Å². The first-order chi connectivity index (χ1) is 7.61. The van der Waals surface area contributed by atoms with E-state index in [4.69, 9.17) is 10.4 Å². The Balaban J connectivity index is 2.32. The van der Waals surface area contributed by atoms with Gasteiger partial charge in [-0.1, -0.05) is 0 Å². The third kappa shape index (κ3) is 5.32. The molecule has 6 nitrogen and oxygen atoms in total. The first-order valence-corrected chi connectivity index (χ1v) is 5.19. The van der Waals surface area contributed by atoms with Crippen LogP contribution in [0.2, 0.25) is 0 Å². The average molecular weight is 225 g/mol. The van der Waals surface area contributed by atoms with Crippen LogP contribution >= 0.6 is 0 Å².